The average Bonchev–Trinajstić information content (AvgIpc) is 2.94. The van der Waals surface area contributed by atoms with Crippen LogP contribution in [0.2, 0.25) is 0 Å². The lowest BCUT2D eigenvalue weighted by Gasteiger charge is -2.03. The standard InChI is InChI=1S/C18H18N2S/c1-11-4-6-14(8-13(11)3)17-10-21-18(20-17)15-7-5-12(2)16(19)9-15/h4-10H,19H2,1-3H3. The summed E-state index contributed by atoms with van der Waals surface area (Å²) in [4.78, 5) is 4.76. The molecule has 0 atom stereocenters. The molecule has 2 N–H and O–H groups in total. The van der Waals surface area contributed by atoms with Crippen LogP contribution in [0, 0.1) is 20.8 Å². The lowest BCUT2D eigenvalue weighted by molar-refractivity contribution is 1.32. The van der Waals surface area contributed by atoms with Crippen molar-refractivity contribution in [3.05, 3.63) is 58.5 Å². The summed E-state index contributed by atoms with van der Waals surface area (Å²) in [5, 5.41) is 3.12. The maximum absolute atomic E-state index is 5.99. The van der Waals surface area contributed by atoms with E-state index in [4.69, 9.17) is 10.7 Å². The number of hydrogen-bond donors (Lipinski definition) is 1. The summed E-state index contributed by atoms with van der Waals surface area (Å²) in [6, 6.07) is 12.6. The topological polar surface area (TPSA) is 38.9 Å². The number of anilines is 1. The Bertz CT molecular complexity index is 737. The summed E-state index contributed by atoms with van der Waals surface area (Å²) < 4.78 is 0. The molecule has 0 aliphatic heterocycles. The highest BCUT2D eigenvalue weighted by atomic mass is 32.1. The number of nitrogens with two attached hydrogens (primary N) is 1. The molecule has 2 aromatic carbocycles. The number of rotatable bonds is 2. The van der Waals surface area contributed by atoms with E-state index in [1.165, 1.54) is 16.7 Å². The second-order valence-corrected chi connectivity index (χ2v) is 6.27. The van der Waals surface area contributed by atoms with Gasteiger partial charge in [0.1, 0.15) is 5.01 Å². The van der Waals surface area contributed by atoms with Crippen molar-refractivity contribution in [2.45, 2.75) is 20.8 Å². The first kappa shape index (κ1) is 13.8. The maximum atomic E-state index is 5.99. The van der Waals surface area contributed by atoms with Gasteiger partial charge in [0, 0.05) is 22.2 Å². The lowest BCUT2D eigenvalue weighted by Crippen LogP contribution is -1.89. The van der Waals surface area contributed by atoms with Crippen LogP contribution in [0.4, 0.5) is 5.69 Å². The van der Waals surface area contributed by atoms with Crippen molar-refractivity contribution in [3.63, 3.8) is 0 Å². The van der Waals surface area contributed by atoms with E-state index in [9.17, 15) is 0 Å². The van der Waals surface area contributed by atoms with Gasteiger partial charge in [0.25, 0.3) is 0 Å². The summed E-state index contributed by atoms with van der Waals surface area (Å²) in [6.45, 7) is 6.27. The van der Waals surface area contributed by atoms with Gasteiger partial charge < -0.3 is 5.73 Å². The van der Waals surface area contributed by atoms with Gasteiger partial charge in [0.05, 0.1) is 5.69 Å². The van der Waals surface area contributed by atoms with E-state index in [1.807, 2.05) is 19.1 Å². The molecule has 0 bridgehead atoms. The molecule has 0 aliphatic rings. The van der Waals surface area contributed by atoms with Crippen LogP contribution in [0.15, 0.2) is 41.8 Å². The monoisotopic (exact) mass is 294 g/mol. The lowest BCUT2D eigenvalue weighted by atomic mass is 10.0. The number of aryl methyl sites for hydroxylation is 3. The van der Waals surface area contributed by atoms with Crippen molar-refractivity contribution in [1.82, 2.24) is 4.98 Å². The van der Waals surface area contributed by atoms with Crippen molar-refractivity contribution in [2.75, 3.05) is 5.73 Å². The molecule has 0 fully saturated rings. The second-order valence-electron chi connectivity index (χ2n) is 5.41. The molecule has 3 rings (SSSR count). The van der Waals surface area contributed by atoms with Crippen LogP contribution in [-0.2, 0) is 0 Å². The molecule has 1 heterocycles. The zero-order chi connectivity index (χ0) is 15.0. The van der Waals surface area contributed by atoms with Crippen molar-refractivity contribution < 1.29 is 0 Å². The molecule has 106 valence electrons. The van der Waals surface area contributed by atoms with Crippen LogP contribution in [0.1, 0.15) is 16.7 Å². The summed E-state index contributed by atoms with van der Waals surface area (Å²) in [6.07, 6.45) is 0. The minimum Gasteiger partial charge on any atom is -0.398 e. The third kappa shape index (κ3) is 2.69. The Balaban J connectivity index is 1.99. The van der Waals surface area contributed by atoms with Gasteiger partial charge in [0.15, 0.2) is 0 Å². The summed E-state index contributed by atoms with van der Waals surface area (Å²) in [5.74, 6) is 0. The largest absolute Gasteiger partial charge is 0.398 e. The van der Waals surface area contributed by atoms with Gasteiger partial charge in [-0.1, -0.05) is 24.3 Å². The highest BCUT2D eigenvalue weighted by Gasteiger charge is 2.08. The number of hydrogen-bond acceptors (Lipinski definition) is 3. The van der Waals surface area contributed by atoms with Crippen LogP contribution in [0.25, 0.3) is 21.8 Å². The highest BCUT2D eigenvalue weighted by molar-refractivity contribution is 7.13. The minimum absolute atomic E-state index is 0.815. The number of thiazole rings is 1. The predicted molar refractivity (Wildman–Crippen MR) is 91.6 cm³/mol. The van der Waals surface area contributed by atoms with Gasteiger partial charge in [0.2, 0.25) is 0 Å². The Labute approximate surface area is 129 Å². The summed E-state index contributed by atoms with van der Waals surface area (Å²) in [7, 11) is 0. The van der Waals surface area contributed by atoms with E-state index >= 15 is 0 Å². The fourth-order valence-corrected chi connectivity index (χ4v) is 3.04. The first-order valence-electron chi connectivity index (χ1n) is 6.94. The molecule has 0 spiro atoms. The SMILES string of the molecule is Cc1ccc(-c2csc(-c3ccc(C)c(N)c3)n2)cc1C. The summed E-state index contributed by atoms with van der Waals surface area (Å²) >= 11 is 1.66. The molecule has 0 aliphatic carbocycles. The van der Waals surface area contributed by atoms with E-state index in [0.717, 1.165) is 27.5 Å². The molecule has 2 nitrogen and oxygen atoms in total. The minimum atomic E-state index is 0.815. The van der Waals surface area contributed by atoms with E-state index in [0.29, 0.717) is 0 Å². The predicted octanol–water partition coefficient (Wildman–Crippen LogP) is 4.98. The first-order valence-corrected chi connectivity index (χ1v) is 7.82. The summed E-state index contributed by atoms with van der Waals surface area (Å²) in [5.41, 5.74) is 13.8. The van der Waals surface area contributed by atoms with Gasteiger partial charge in [-0.25, -0.2) is 4.98 Å². The van der Waals surface area contributed by atoms with Crippen LogP contribution >= 0.6 is 11.3 Å². The fourth-order valence-electron chi connectivity index (χ4n) is 2.21. The Morgan fingerprint density at radius 2 is 1.57 bits per heavy atom. The number of aromatic nitrogens is 1. The van der Waals surface area contributed by atoms with Gasteiger partial charge in [-0.15, -0.1) is 11.3 Å². The molecule has 0 radical (unpaired) electrons. The van der Waals surface area contributed by atoms with Crippen molar-refractivity contribution >= 4 is 17.0 Å². The Kier molecular flexibility index (Phi) is 3.52. The molecule has 0 unspecified atom stereocenters. The molecule has 0 saturated heterocycles. The second kappa shape index (κ2) is 5.34. The van der Waals surface area contributed by atoms with E-state index < -0.39 is 0 Å². The van der Waals surface area contributed by atoms with Crippen LogP contribution in [0.3, 0.4) is 0 Å². The van der Waals surface area contributed by atoms with Crippen LogP contribution in [-0.4, -0.2) is 4.98 Å². The van der Waals surface area contributed by atoms with E-state index in [1.54, 1.807) is 11.3 Å². The molecular weight excluding hydrogens is 276 g/mol. The molecule has 1 aromatic heterocycles. The third-order valence-corrected chi connectivity index (χ3v) is 4.72. The Morgan fingerprint density at radius 3 is 2.29 bits per heavy atom. The molecule has 0 saturated carbocycles. The Hall–Kier alpha value is -2.13. The van der Waals surface area contributed by atoms with E-state index in [-0.39, 0.29) is 0 Å². The molecule has 3 aromatic rings. The average molecular weight is 294 g/mol. The number of nitrogens with zero attached hydrogens (tertiary/aromatic N) is 1. The quantitative estimate of drug-likeness (QED) is 0.677. The number of nitrogen functional groups attached to an aromatic ring is 1. The van der Waals surface area contributed by atoms with Crippen LogP contribution in [0.5, 0.6) is 0 Å². The van der Waals surface area contributed by atoms with Gasteiger partial charge in [-0.3, -0.25) is 0 Å². The van der Waals surface area contributed by atoms with Crippen molar-refractivity contribution in [3.8, 4) is 21.8 Å². The number of benzene rings is 2. The normalized spacial score (nSPS) is 10.8. The molecule has 0 amide bonds. The van der Waals surface area contributed by atoms with Gasteiger partial charge >= 0.3 is 0 Å². The smallest absolute Gasteiger partial charge is 0.124 e. The maximum Gasteiger partial charge on any atom is 0.124 e. The van der Waals surface area contributed by atoms with Crippen molar-refractivity contribution in [2.24, 2.45) is 0 Å². The van der Waals surface area contributed by atoms with Gasteiger partial charge in [-0.2, -0.15) is 0 Å². The molecule has 3 heteroatoms. The molecular formula is C18H18N2S. The molecule has 21 heavy (non-hydrogen) atoms. The fraction of sp³-hybridized carbons (Fsp3) is 0.167. The van der Waals surface area contributed by atoms with Crippen molar-refractivity contribution in [1.29, 1.82) is 0 Å². The zero-order valence-electron chi connectivity index (χ0n) is 12.5. The van der Waals surface area contributed by atoms with Crippen LogP contribution < -0.4 is 5.73 Å². The third-order valence-electron chi connectivity index (χ3n) is 3.83. The van der Waals surface area contributed by atoms with E-state index in [2.05, 4.69) is 43.5 Å². The zero-order valence-corrected chi connectivity index (χ0v) is 13.3. The Morgan fingerprint density at radius 1 is 0.857 bits per heavy atom. The first-order chi connectivity index (χ1) is 10.0. The highest BCUT2D eigenvalue weighted by Crippen LogP contribution is 2.31. The van der Waals surface area contributed by atoms with Gasteiger partial charge in [-0.05, 0) is 49.6 Å².